The largest absolute Gasteiger partial charge is 0.573 e. The van der Waals surface area contributed by atoms with Crippen LogP contribution in [0.5, 0.6) is 5.75 Å². The number of benzene rings is 2. The summed E-state index contributed by atoms with van der Waals surface area (Å²) < 4.78 is 48.4. The fraction of sp³-hybridized carbons (Fsp3) is 0.300. The smallest absolute Gasteiger partial charge is 0.478 e. The van der Waals surface area contributed by atoms with Gasteiger partial charge in [0.15, 0.2) is 6.23 Å². The molecule has 152 valence electrons. The summed E-state index contributed by atoms with van der Waals surface area (Å²) in [5.41, 5.74) is 1.77. The molecule has 3 aromatic rings. The maximum absolute atomic E-state index is 12.4. The highest BCUT2D eigenvalue weighted by atomic mass is 19.4. The average molecular weight is 406 g/mol. The minimum atomic E-state index is -4.77. The van der Waals surface area contributed by atoms with Crippen LogP contribution >= 0.6 is 0 Å². The average Bonchev–Trinajstić information content (AvgIpc) is 3.11. The first-order valence-corrected chi connectivity index (χ1v) is 9.04. The standard InChI is InChI=1S/C20H17F3N2O4/c21-20(22,23)29-14-6-4-12(5-7-14)13-9-15(19(26)27)16-11-24-25(17(16)10-13)18-3-1-2-8-28-18/h4-7,9-11,18H,1-3,8H2,(H,26,27). The second-order valence-electron chi connectivity index (χ2n) is 6.74. The van der Waals surface area contributed by atoms with E-state index in [4.69, 9.17) is 4.74 Å². The van der Waals surface area contributed by atoms with E-state index < -0.39 is 12.3 Å². The summed E-state index contributed by atoms with van der Waals surface area (Å²) in [5, 5.41) is 14.4. The van der Waals surface area contributed by atoms with Crippen molar-refractivity contribution in [2.45, 2.75) is 31.9 Å². The van der Waals surface area contributed by atoms with E-state index >= 15 is 0 Å². The molecule has 0 spiro atoms. The number of aromatic carboxylic acids is 1. The van der Waals surface area contributed by atoms with Gasteiger partial charge in [-0.05, 0) is 54.7 Å². The number of carboxylic acid groups (broad SMARTS) is 1. The molecule has 0 amide bonds. The zero-order valence-electron chi connectivity index (χ0n) is 15.1. The van der Waals surface area contributed by atoms with Gasteiger partial charge < -0.3 is 14.6 Å². The molecule has 9 heteroatoms. The van der Waals surface area contributed by atoms with E-state index in [1.807, 2.05) is 0 Å². The van der Waals surface area contributed by atoms with Gasteiger partial charge >= 0.3 is 12.3 Å². The first-order chi connectivity index (χ1) is 13.8. The van der Waals surface area contributed by atoms with Crippen molar-refractivity contribution in [1.82, 2.24) is 9.78 Å². The highest BCUT2D eigenvalue weighted by Crippen LogP contribution is 2.33. The molecule has 1 N–H and O–H groups in total. The number of carboxylic acids is 1. The second kappa shape index (κ2) is 7.40. The lowest BCUT2D eigenvalue weighted by Gasteiger charge is -2.23. The lowest BCUT2D eigenvalue weighted by molar-refractivity contribution is -0.274. The van der Waals surface area contributed by atoms with Gasteiger partial charge in [0, 0.05) is 12.0 Å². The number of halogens is 3. The summed E-state index contributed by atoms with van der Waals surface area (Å²) in [6.45, 7) is 0.609. The quantitative estimate of drug-likeness (QED) is 0.660. The van der Waals surface area contributed by atoms with Crippen LogP contribution in [-0.2, 0) is 4.74 Å². The molecule has 1 unspecified atom stereocenters. The maximum Gasteiger partial charge on any atom is 0.573 e. The molecule has 2 aromatic carbocycles. The molecule has 0 bridgehead atoms. The van der Waals surface area contributed by atoms with Crippen molar-refractivity contribution in [3.8, 4) is 16.9 Å². The molecule has 29 heavy (non-hydrogen) atoms. The lowest BCUT2D eigenvalue weighted by Crippen LogP contribution is -2.19. The van der Waals surface area contributed by atoms with Crippen molar-refractivity contribution in [3.05, 3.63) is 48.2 Å². The Morgan fingerprint density at radius 3 is 2.55 bits per heavy atom. The molecule has 1 aromatic heterocycles. The van der Waals surface area contributed by atoms with Gasteiger partial charge in [-0.25, -0.2) is 9.48 Å². The molecule has 0 saturated carbocycles. The first kappa shape index (κ1) is 19.3. The third-order valence-electron chi connectivity index (χ3n) is 4.80. The number of fused-ring (bicyclic) bond motifs is 1. The van der Waals surface area contributed by atoms with E-state index in [-0.39, 0.29) is 17.5 Å². The minimum Gasteiger partial charge on any atom is -0.478 e. The minimum absolute atomic E-state index is 0.0650. The Bertz CT molecular complexity index is 1040. The van der Waals surface area contributed by atoms with Crippen LogP contribution in [0.25, 0.3) is 22.0 Å². The van der Waals surface area contributed by atoms with Gasteiger partial charge in [-0.1, -0.05) is 12.1 Å². The van der Waals surface area contributed by atoms with Crippen LogP contribution in [0, 0.1) is 0 Å². The second-order valence-corrected chi connectivity index (χ2v) is 6.74. The molecule has 4 rings (SSSR count). The van der Waals surface area contributed by atoms with Crippen LogP contribution in [-0.4, -0.2) is 33.8 Å². The number of aromatic nitrogens is 2. The van der Waals surface area contributed by atoms with Crippen LogP contribution in [0.4, 0.5) is 13.2 Å². The Morgan fingerprint density at radius 2 is 1.93 bits per heavy atom. The molecule has 1 fully saturated rings. The van der Waals surface area contributed by atoms with Crippen molar-refractivity contribution in [3.63, 3.8) is 0 Å². The van der Waals surface area contributed by atoms with Crippen molar-refractivity contribution in [2.75, 3.05) is 6.61 Å². The van der Waals surface area contributed by atoms with E-state index in [1.165, 1.54) is 36.5 Å². The predicted octanol–water partition coefficient (Wildman–Crippen LogP) is 5.00. The predicted molar refractivity (Wildman–Crippen MR) is 97.7 cm³/mol. The van der Waals surface area contributed by atoms with Gasteiger partial charge in [-0.15, -0.1) is 13.2 Å². The van der Waals surface area contributed by atoms with Gasteiger partial charge in [0.05, 0.1) is 17.3 Å². The summed E-state index contributed by atoms with van der Waals surface area (Å²) in [6.07, 6.45) is -0.830. The Hall–Kier alpha value is -3.07. The molecule has 2 heterocycles. The van der Waals surface area contributed by atoms with E-state index in [9.17, 15) is 23.1 Å². The van der Waals surface area contributed by atoms with Crippen LogP contribution < -0.4 is 4.74 Å². The van der Waals surface area contributed by atoms with Crippen LogP contribution in [0.1, 0.15) is 35.8 Å². The Labute approximate surface area is 163 Å². The molecule has 0 aliphatic carbocycles. The number of carbonyl (C=O) groups is 1. The SMILES string of the molecule is O=C(O)c1cc(-c2ccc(OC(F)(F)F)cc2)cc2c1cnn2C1CCCCO1. The van der Waals surface area contributed by atoms with Crippen LogP contribution in [0.3, 0.4) is 0 Å². The van der Waals surface area contributed by atoms with Gasteiger partial charge in [0.2, 0.25) is 0 Å². The number of hydrogen-bond acceptors (Lipinski definition) is 4. The maximum atomic E-state index is 12.4. The van der Waals surface area contributed by atoms with Crippen molar-refractivity contribution >= 4 is 16.9 Å². The Kier molecular flexibility index (Phi) is 4.91. The lowest BCUT2D eigenvalue weighted by atomic mass is 10.00. The third-order valence-corrected chi connectivity index (χ3v) is 4.80. The normalized spacial score (nSPS) is 17.4. The first-order valence-electron chi connectivity index (χ1n) is 9.04. The zero-order valence-corrected chi connectivity index (χ0v) is 15.1. The Balaban J connectivity index is 1.77. The fourth-order valence-electron chi connectivity index (χ4n) is 3.48. The highest BCUT2D eigenvalue weighted by molar-refractivity contribution is 6.04. The van der Waals surface area contributed by atoms with Gasteiger partial charge in [0.25, 0.3) is 0 Å². The van der Waals surface area contributed by atoms with E-state index in [1.54, 1.807) is 10.7 Å². The number of hydrogen-bond donors (Lipinski definition) is 1. The van der Waals surface area contributed by atoms with Gasteiger partial charge in [-0.2, -0.15) is 5.10 Å². The molecular formula is C20H17F3N2O4. The topological polar surface area (TPSA) is 73.6 Å². The summed E-state index contributed by atoms with van der Waals surface area (Å²) in [7, 11) is 0. The molecule has 6 nitrogen and oxygen atoms in total. The van der Waals surface area contributed by atoms with E-state index in [0.717, 1.165) is 19.3 Å². The summed E-state index contributed by atoms with van der Waals surface area (Å²) in [6, 6.07) is 8.53. The van der Waals surface area contributed by atoms with Crippen LogP contribution in [0.2, 0.25) is 0 Å². The molecule has 1 atom stereocenters. The van der Waals surface area contributed by atoms with Crippen molar-refractivity contribution in [2.24, 2.45) is 0 Å². The number of rotatable bonds is 4. The third kappa shape index (κ3) is 4.04. The molecule has 1 saturated heterocycles. The molecular weight excluding hydrogens is 389 g/mol. The summed E-state index contributed by atoms with van der Waals surface area (Å²) in [4.78, 5) is 11.8. The fourth-order valence-corrected chi connectivity index (χ4v) is 3.48. The van der Waals surface area contributed by atoms with Gasteiger partial charge in [0.1, 0.15) is 5.75 Å². The number of nitrogens with zero attached hydrogens (tertiary/aromatic N) is 2. The monoisotopic (exact) mass is 406 g/mol. The van der Waals surface area contributed by atoms with E-state index in [2.05, 4.69) is 9.84 Å². The number of alkyl halides is 3. The molecule has 1 aliphatic rings. The Morgan fingerprint density at radius 1 is 1.17 bits per heavy atom. The number of ether oxygens (including phenoxy) is 2. The van der Waals surface area contributed by atoms with Crippen molar-refractivity contribution < 1.29 is 32.5 Å². The summed E-state index contributed by atoms with van der Waals surface area (Å²) >= 11 is 0. The van der Waals surface area contributed by atoms with E-state index in [0.29, 0.717) is 28.6 Å². The highest BCUT2D eigenvalue weighted by Gasteiger charge is 2.31. The zero-order chi connectivity index (χ0) is 20.6. The molecule has 1 aliphatic heterocycles. The van der Waals surface area contributed by atoms with Crippen LogP contribution in [0.15, 0.2) is 42.6 Å². The van der Waals surface area contributed by atoms with Gasteiger partial charge in [-0.3, -0.25) is 0 Å². The molecule has 0 radical (unpaired) electrons. The van der Waals surface area contributed by atoms with Crippen molar-refractivity contribution in [1.29, 1.82) is 0 Å². The summed E-state index contributed by atoms with van der Waals surface area (Å²) in [5.74, 6) is -1.46.